The molecule has 166 valence electrons. The number of aromatic nitrogens is 1. The van der Waals surface area contributed by atoms with Crippen molar-refractivity contribution >= 4 is 21.8 Å². The number of hydrogen-bond acceptors (Lipinski definition) is 6. The number of esters is 1. The van der Waals surface area contributed by atoms with Crippen molar-refractivity contribution in [2.24, 2.45) is 0 Å². The molecule has 0 saturated carbocycles. The number of nitrogens with zero attached hydrogens (tertiary/aromatic N) is 2. The summed E-state index contributed by atoms with van der Waals surface area (Å²) >= 11 is 0. The fraction of sp³-hybridized carbons (Fsp3) is 0.478. The molecule has 1 aromatic heterocycles. The van der Waals surface area contributed by atoms with Crippen molar-refractivity contribution in [2.45, 2.75) is 63.0 Å². The lowest BCUT2D eigenvalue weighted by Gasteiger charge is -2.20. The molecule has 8 heteroatoms. The Balaban J connectivity index is 1.52. The number of carbonyl (C=O) groups excluding carboxylic acids is 1. The van der Waals surface area contributed by atoms with Crippen molar-refractivity contribution in [3.05, 3.63) is 42.1 Å². The number of benzene rings is 1. The minimum Gasteiger partial charge on any atom is -0.460 e. The molecular weight excluding hydrogens is 414 g/mol. The molecule has 1 fully saturated rings. The Morgan fingerprint density at radius 2 is 1.84 bits per heavy atom. The third kappa shape index (κ3) is 4.75. The predicted molar refractivity (Wildman–Crippen MR) is 119 cm³/mol. The molecule has 0 aliphatic carbocycles. The number of hydrogen-bond donors (Lipinski definition) is 1. The van der Waals surface area contributed by atoms with Crippen molar-refractivity contribution < 1.29 is 17.9 Å². The molecule has 1 aromatic carbocycles. The molecule has 0 spiro atoms. The van der Waals surface area contributed by atoms with Crippen molar-refractivity contribution in [1.29, 1.82) is 0 Å². The zero-order valence-electron chi connectivity index (χ0n) is 18.2. The van der Waals surface area contributed by atoms with Gasteiger partial charge in [0.25, 0.3) is 0 Å². The average molecular weight is 444 g/mol. The van der Waals surface area contributed by atoms with Crippen LogP contribution in [0.3, 0.4) is 0 Å². The largest absolute Gasteiger partial charge is 0.460 e. The maximum atomic E-state index is 12.8. The van der Waals surface area contributed by atoms with Crippen molar-refractivity contribution in [3.8, 4) is 11.1 Å². The van der Waals surface area contributed by atoms with E-state index in [1.807, 2.05) is 39.0 Å². The number of ether oxygens (including phenoxy) is 1. The molecule has 2 aromatic rings. The fourth-order valence-electron chi connectivity index (χ4n) is 4.18. The highest BCUT2D eigenvalue weighted by molar-refractivity contribution is 7.89. The first kappa shape index (κ1) is 21.8. The predicted octanol–water partition coefficient (Wildman–Crippen LogP) is 3.60. The van der Waals surface area contributed by atoms with E-state index in [9.17, 15) is 13.2 Å². The molecule has 0 radical (unpaired) electrons. The van der Waals surface area contributed by atoms with Crippen molar-refractivity contribution in [3.63, 3.8) is 0 Å². The fourth-order valence-corrected chi connectivity index (χ4v) is 5.69. The number of nitrogens with one attached hydrogen (secondary N) is 1. The normalized spacial score (nSPS) is 19.1. The number of anilines is 1. The van der Waals surface area contributed by atoms with Crippen LogP contribution in [0.5, 0.6) is 0 Å². The van der Waals surface area contributed by atoms with Crippen LogP contribution >= 0.6 is 0 Å². The summed E-state index contributed by atoms with van der Waals surface area (Å²) in [6.45, 7) is 6.75. The van der Waals surface area contributed by atoms with Crippen LogP contribution in [0.4, 0.5) is 5.82 Å². The Morgan fingerprint density at radius 3 is 2.48 bits per heavy atom. The SMILES string of the molecule is CC(C)(C)OC(=O)CC1Cc2c(-c3ccc(S(=O)(=O)N4CCCC4)cc3)ccnc2N1. The van der Waals surface area contributed by atoms with E-state index in [-0.39, 0.29) is 18.4 Å². The van der Waals surface area contributed by atoms with Crippen LogP contribution in [-0.2, 0) is 26.0 Å². The van der Waals surface area contributed by atoms with E-state index in [1.54, 1.807) is 22.6 Å². The summed E-state index contributed by atoms with van der Waals surface area (Å²) in [6.07, 6.45) is 4.48. The average Bonchev–Trinajstić information content (AvgIpc) is 3.36. The van der Waals surface area contributed by atoms with Gasteiger partial charge in [-0.3, -0.25) is 4.79 Å². The summed E-state index contributed by atoms with van der Waals surface area (Å²) in [5, 5.41) is 3.32. The number of pyridine rings is 1. The molecule has 1 unspecified atom stereocenters. The number of carbonyl (C=O) groups is 1. The van der Waals surface area contributed by atoms with Crippen LogP contribution in [0, 0.1) is 0 Å². The van der Waals surface area contributed by atoms with Gasteiger partial charge in [-0.15, -0.1) is 0 Å². The lowest BCUT2D eigenvalue weighted by Crippen LogP contribution is -2.28. The quantitative estimate of drug-likeness (QED) is 0.711. The van der Waals surface area contributed by atoms with Crippen LogP contribution in [0.2, 0.25) is 0 Å². The van der Waals surface area contributed by atoms with E-state index in [4.69, 9.17) is 4.74 Å². The summed E-state index contributed by atoms with van der Waals surface area (Å²) in [5.41, 5.74) is 2.45. The monoisotopic (exact) mass is 443 g/mol. The van der Waals surface area contributed by atoms with E-state index >= 15 is 0 Å². The Labute approximate surface area is 183 Å². The van der Waals surface area contributed by atoms with Gasteiger partial charge >= 0.3 is 5.97 Å². The van der Waals surface area contributed by atoms with Crippen LogP contribution in [0.25, 0.3) is 11.1 Å². The van der Waals surface area contributed by atoms with Gasteiger partial charge in [0.2, 0.25) is 10.0 Å². The Bertz CT molecular complexity index is 1070. The Morgan fingerprint density at radius 1 is 1.16 bits per heavy atom. The van der Waals surface area contributed by atoms with Crippen LogP contribution in [-0.4, -0.2) is 48.4 Å². The molecule has 0 amide bonds. The maximum absolute atomic E-state index is 12.8. The van der Waals surface area contributed by atoms with Gasteiger partial charge in [-0.2, -0.15) is 4.31 Å². The van der Waals surface area contributed by atoms with Gasteiger partial charge in [-0.25, -0.2) is 13.4 Å². The summed E-state index contributed by atoms with van der Waals surface area (Å²) < 4.78 is 32.5. The molecule has 1 saturated heterocycles. The molecule has 2 aliphatic rings. The van der Waals surface area contributed by atoms with E-state index in [2.05, 4.69) is 10.3 Å². The molecule has 2 aliphatic heterocycles. The summed E-state index contributed by atoms with van der Waals surface area (Å²) in [6, 6.07) is 8.90. The molecule has 31 heavy (non-hydrogen) atoms. The molecule has 1 N–H and O–H groups in total. The minimum atomic E-state index is -3.43. The van der Waals surface area contributed by atoms with E-state index in [0.717, 1.165) is 35.3 Å². The second-order valence-corrected chi connectivity index (χ2v) is 11.1. The standard InChI is InChI=1S/C23H29N3O4S/c1-23(2,3)30-21(27)15-17-14-20-19(10-11-24-22(20)25-17)16-6-8-18(9-7-16)31(28,29)26-12-4-5-13-26/h6-11,17H,4-5,12-15H2,1-3H3,(H,24,25). The second-order valence-electron chi connectivity index (χ2n) is 9.16. The van der Waals surface area contributed by atoms with Gasteiger partial charge in [0.05, 0.1) is 11.3 Å². The number of fused-ring (bicyclic) bond motifs is 1. The summed E-state index contributed by atoms with van der Waals surface area (Å²) in [4.78, 5) is 17.0. The highest BCUT2D eigenvalue weighted by Gasteiger charge is 2.29. The van der Waals surface area contributed by atoms with Crippen LogP contribution in [0.15, 0.2) is 41.4 Å². The van der Waals surface area contributed by atoms with E-state index < -0.39 is 15.6 Å². The van der Waals surface area contributed by atoms with Gasteiger partial charge < -0.3 is 10.1 Å². The topological polar surface area (TPSA) is 88.6 Å². The van der Waals surface area contributed by atoms with Gasteiger partial charge in [-0.05, 0) is 69.4 Å². The first-order chi connectivity index (χ1) is 14.6. The van der Waals surface area contributed by atoms with Crippen molar-refractivity contribution in [1.82, 2.24) is 9.29 Å². The summed E-state index contributed by atoms with van der Waals surface area (Å²) in [7, 11) is -3.43. The Kier molecular flexibility index (Phi) is 5.79. The maximum Gasteiger partial charge on any atom is 0.308 e. The first-order valence-corrected chi connectivity index (χ1v) is 12.1. The molecule has 7 nitrogen and oxygen atoms in total. The van der Waals surface area contributed by atoms with Gasteiger partial charge in [0, 0.05) is 30.9 Å². The van der Waals surface area contributed by atoms with Gasteiger partial charge in [-0.1, -0.05) is 12.1 Å². The highest BCUT2D eigenvalue weighted by Crippen LogP contribution is 2.35. The van der Waals surface area contributed by atoms with Gasteiger partial charge in [0.15, 0.2) is 0 Å². The van der Waals surface area contributed by atoms with E-state index in [0.29, 0.717) is 24.4 Å². The molecule has 0 bridgehead atoms. The lowest BCUT2D eigenvalue weighted by molar-refractivity contribution is -0.155. The zero-order chi connectivity index (χ0) is 22.2. The number of rotatable bonds is 5. The van der Waals surface area contributed by atoms with E-state index in [1.165, 1.54) is 0 Å². The third-order valence-corrected chi connectivity index (χ3v) is 7.46. The second kappa shape index (κ2) is 8.24. The van der Waals surface area contributed by atoms with Crippen LogP contribution < -0.4 is 5.32 Å². The lowest BCUT2D eigenvalue weighted by atomic mass is 9.98. The third-order valence-electron chi connectivity index (χ3n) is 5.55. The van der Waals surface area contributed by atoms with Gasteiger partial charge in [0.1, 0.15) is 11.4 Å². The molecule has 1 atom stereocenters. The van der Waals surface area contributed by atoms with Crippen LogP contribution in [0.1, 0.15) is 45.6 Å². The molecule has 4 rings (SSSR count). The zero-order valence-corrected chi connectivity index (χ0v) is 19.0. The summed E-state index contributed by atoms with van der Waals surface area (Å²) in [5.74, 6) is 0.524. The highest BCUT2D eigenvalue weighted by atomic mass is 32.2. The smallest absolute Gasteiger partial charge is 0.308 e. The molecule has 3 heterocycles. The Hall–Kier alpha value is -2.45. The molecular formula is C23H29N3O4S. The minimum absolute atomic E-state index is 0.0756. The first-order valence-electron chi connectivity index (χ1n) is 10.7. The number of sulfonamides is 1. The van der Waals surface area contributed by atoms with Crippen molar-refractivity contribution in [2.75, 3.05) is 18.4 Å².